The number of halogens is 1. The minimum atomic E-state index is -1.13. The Bertz CT molecular complexity index is 701. The Labute approximate surface area is 125 Å². The molecule has 0 amide bonds. The number of nitrogens with one attached hydrogen (secondary N) is 1. The van der Waals surface area contributed by atoms with Crippen LogP contribution in [0.2, 0.25) is 0 Å². The van der Waals surface area contributed by atoms with Crippen LogP contribution in [0.5, 0.6) is 0 Å². The number of nitrogens with two attached hydrogens (primary N) is 1. The molecule has 108 valence electrons. The molecule has 1 saturated heterocycles. The van der Waals surface area contributed by atoms with Gasteiger partial charge in [-0.2, -0.15) is 4.98 Å². The van der Waals surface area contributed by atoms with E-state index in [1.165, 1.54) is 10.9 Å². The summed E-state index contributed by atoms with van der Waals surface area (Å²) in [5.41, 5.74) is 5.34. The van der Waals surface area contributed by atoms with Crippen molar-refractivity contribution in [3.63, 3.8) is 0 Å². The summed E-state index contributed by atoms with van der Waals surface area (Å²) < 4.78 is 7.52. The van der Waals surface area contributed by atoms with Gasteiger partial charge in [0.15, 0.2) is 17.4 Å². The van der Waals surface area contributed by atoms with Crippen molar-refractivity contribution in [1.82, 2.24) is 19.5 Å². The van der Waals surface area contributed by atoms with E-state index in [1.807, 2.05) is 0 Å². The molecular formula is C10H12IN5O4. The monoisotopic (exact) mass is 393 g/mol. The smallest absolute Gasteiger partial charge is 0.280 e. The summed E-state index contributed by atoms with van der Waals surface area (Å²) in [5.74, 6) is -0.0530. The second-order valence-corrected chi connectivity index (χ2v) is 5.36. The van der Waals surface area contributed by atoms with Crippen LogP contribution < -0.4 is 11.3 Å². The highest BCUT2D eigenvalue weighted by Crippen LogP contribution is 2.31. The number of hydrogen-bond donors (Lipinski definition) is 4. The van der Waals surface area contributed by atoms with Gasteiger partial charge >= 0.3 is 0 Å². The second kappa shape index (κ2) is 4.95. The maximum Gasteiger partial charge on any atom is 0.280 e. The minimum Gasteiger partial charge on any atom is -0.387 e. The van der Waals surface area contributed by atoms with E-state index in [4.69, 9.17) is 10.5 Å². The van der Waals surface area contributed by atoms with Crippen LogP contribution in [0.25, 0.3) is 11.2 Å². The Balaban J connectivity index is 2.09. The van der Waals surface area contributed by atoms with E-state index in [1.54, 1.807) is 0 Å². The van der Waals surface area contributed by atoms with Gasteiger partial charge in [0.25, 0.3) is 5.56 Å². The van der Waals surface area contributed by atoms with Crippen LogP contribution in [0.15, 0.2) is 11.1 Å². The van der Waals surface area contributed by atoms with Crippen LogP contribution in [0.4, 0.5) is 5.95 Å². The number of hydrogen-bond acceptors (Lipinski definition) is 7. The van der Waals surface area contributed by atoms with Gasteiger partial charge in [0, 0.05) is 4.43 Å². The first kappa shape index (κ1) is 13.7. The molecule has 5 N–H and O–H groups in total. The number of ether oxygens (including phenoxy) is 1. The van der Waals surface area contributed by atoms with Gasteiger partial charge in [-0.1, -0.05) is 22.6 Å². The number of aliphatic hydroxyl groups is 2. The minimum absolute atomic E-state index is 0.0530. The first-order chi connectivity index (χ1) is 9.52. The SMILES string of the molecule is Nc1nc2c(ncn2[C@@H]2O[C@H](CI)C(O)C2O)c(=O)[nH]1. The Kier molecular flexibility index (Phi) is 3.40. The summed E-state index contributed by atoms with van der Waals surface area (Å²) in [7, 11) is 0. The first-order valence-corrected chi connectivity index (χ1v) is 7.35. The Morgan fingerprint density at radius 1 is 1.50 bits per heavy atom. The lowest BCUT2D eigenvalue weighted by Gasteiger charge is -2.16. The van der Waals surface area contributed by atoms with Gasteiger partial charge in [0.1, 0.15) is 12.2 Å². The van der Waals surface area contributed by atoms with Crippen LogP contribution >= 0.6 is 22.6 Å². The van der Waals surface area contributed by atoms with E-state index < -0.39 is 30.1 Å². The summed E-state index contributed by atoms with van der Waals surface area (Å²) in [5, 5.41) is 19.9. The van der Waals surface area contributed by atoms with Crippen LogP contribution in [-0.4, -0.2) is 52.5 Å². The molecule has 20 heavy (non-hydrogen) atoms. The number of aromatic amines is 1. The molecule has 2 unspecified atom stereocenters. The van der Waals surface area contributed by atoms with Gasteiger partial charge in [-0.15, -0.1) is 0 Å². The van der Waals surface area contributed by atoms with E-state index in [-0.39, 0.29) is 17.1 Å². The van der Waals surface area contributed by atoms with Crippen molar-refractivity contribution in [2.45, 2.75) is 24.5 Å². The molecule has 0 spiro atoms. The molecule has 10 heteroatoms. The number of aromatic nitrogens is 4. The molecule has 0 bridgehead atoms. The first-order valence-electron chi connectivity index (χ1n) is 5.83. The third-order valence-corrected chi connectivity index (χ3v) is 4.08. The molecule has 0 saturated carbocycles. The number of aliphatic hydroxyl groups excluding tert-OH is 2. The lowest BCUT2D eigenvalue weighted by molar-refractivity contribution is -0.0283. The fourth-order valence-corrected chi connectivity index (χ4v) is 2.94. The zero-order chi connectivity index (χ0) is 14.4. The fraction of sp³-hybridized carbons (Fsp3) is 0.500. The molecule has 4 atom stereocenters. The molecule has 0 aromatic carbocycles. The zero-order valence-electron chi connectivity index (χ0n) is 10.1. The highest BCUT2D eigenvalue weighted by molar-refractivity contribution is 14.1. The van der Waals surface area contributed by atoms with E-state index in [2.05, 4.69) is 37.5 Å². The number of imidazole rings is 1. The summed E-state index contributed by atoms with van der Waals surface area (Å²) in [4.78, 5) is 22.0. The molecular weight excluding hydrogens is 381 g/mol. The summed E-state index contributed by atoms with van der Waals surface area (Å²) in [6.07, 6.45) is -2.15. The number of alkyl halides is 1. The van der Waals surface area contributed by atoms with Crippen molar-refractivity contribution >= 4 is 39.7 Å². The number of H-pyrrole nitrogens is 1. The van der Waals surface area contributed by atoms with E-state index >= 15 is 0 Å². The van der Waals surface area contributed by atoms with Gasteiger partial charge in [-0.25, -0.2) is 4.98 Å². The average Bonchev–Trinajstić information content (AvgIpc) is 2.93. The fourth-order valence-electron chi connectivity index (χ4n) is 2.22. The normalized spacial score (nSPS) is 30.1. The highest BCUT2D eigenvalue weighted by atomic mass is 127. The number of anilines is 1. The summed E-state index contributed by atoms with van der Waals surface area (Å²) in [6, 6.07) is 0. The predicted octanol–water partition coefficient (Wildman–Crippen LogP) is -1.24. The average molecular weight is 393 g/mol. The molecule has 1 aliphatic heterocycles. The number of fused-ring (bicyclic) bond motifs is 1. The lowest BCUT2D eigenvalue weighted by Crippen LogP contribution is -2.32. The van der Waals surface area contributed by atoms with Gasteiger partial charge in [-0.05, 0) is 0 Å². The van der Waals surface area contributed by atoms with Crippen molar-refractivity contribution in [3.8, 4) is 0 Å². The van der Waals surface area contributed by atoms with Crippen LogP contribution in [-0.2, 0) is 4.74 Å². The van der Waals surface area contributed by atoms with E-state index in [0.29, 0.717) is 4.43 Å². The second-order valence-electron chi connectivity index (χ2n) is 4.48. The van der Waals surface area contributed by atoms with Crippen molar-refractivity contribution in [1.29, 1.82) is 0 Å². The molecule has 1 aliphatic rings. The number of nitrogen functional groups attached to an aromatic ring is 1. The Morgan fingerprint density at radius 2 is 2.25 bits per heavy atom. The molecule has 3 heterocycles. The quantitative estimate of drug-likeness (QED) is 0.370. The van der Waals surface area contributed by atoms with Crippen molar-refractivity contribution in [2.24, 2.45) is 0 Å². The molecule has 0 radical (unpaired) electrons. The van der Waals surface area contributed by atoms with Gasteiger partial charge in [0.05, 0.1) is 12.4 Å². The van der Waals surface area contributed by atoms with Crippen LogP contribution in [0, 0.1) is 0 Å². The van der Waals surface area contributed by atoms with Gasteiger partial charge in [0.2, 0.25) is 5.95 Å². The molecule has 3 rings (SSSR count). The maximum atomic E-state index is 11.7. The zero-order valence-corrected chi connectivity index (χ0v) is 12.3. The number of nitrogens with zero attached hydrogens (tertiary/aromatic N) is 3. The molecule has 2 aromatic heterocycles. The van der Waals surface area contributed by atoms with Gasteiger partial charge < -0.3 is 20.7 Å². The largest absolute Gasteiger partial charge is 0.387 e. The summed E-state index contributed by atoms with van der Waals surface area (Å²) >= 11 is 2.06. The van der Waals surface area contributed by atoms with Crippen molar-refractivity contribution in [3.05, 3.63) is 16.7 Å². The molecule has 2 aromatic rings. The third kappa shape index (κ3) is 1.99. The lowest BCUT2D eigenvalue weighted by atomic mass is 10.1. The highest BCUT2D eigenvalue weighted by Gasteiger charge is 2.43. The molecule has 9 nitrogen and oxygen atoms in total. The van der Waals surface area contributed by atoms with Crippen molar-refractivity contribution in [2.75, 3.05) is 10.2 Å². The Morgan fingerprint density at radius 3 is 2.90 bits per heavy atom. The van der Waals surface area contributed by atoms with E-state index in [0.717, 1.165) is 0 Å². The van der Waals surface area contributed by atoms with Crippen LogP contribution in [0.3, 0.4) is 0 Å². The topological polar surface area (TPSA) is 139 Å². The van der Waals surface area contributed by atoms with Crippen LogP contribution in [0.1, 0.15) is 6.23 Å². The standard InChI is InChI=1S/C10H12IN5O4/c11-1-3-5(17)6(18)9(20-3)16-2-13-4-7(16)14-10(12)15-8(4)19/h2-3,5-6,9,17-18H,1H2,(H3,12,14,15,19)/t3-,5?,6?,9-/m1/s1. The summed E-state index contributed by atoms with van der Waals surface area (Å²) in [6.45, 7) is 0. The molecule has 0 aliphatic carbocycles. The molecule has 1 fully saturated rings. The predicted molar refractivity (Wildman–Crippen MR) is 77.4 cm³/mol. The van der Waals surface area contributed by atoms with Gasteiger partial charge in [-0.3, -0.25) is 14.3 Å². The third-order valence-electron chi connectivity index (χ3n) is 3.21. The van der Waals surface area contributed by atoms with Crippen molar-refractivity contribution < 1.29 is 14.9 Å². The maximum absolute atomic E-state index is 11.7. The number of rotatable bonds is 2. The van der Waals surface area contributed by atoms with E-state index in [9.17, 15) is 15.0 Å². The Hall–Kier alpha value is -1.24.